The summed E-state index contributed by atoms with van der Waals surface area (Å²) in [4.78, 5) is 36.5. The van der Waals surface area contributed by atoms with Crippen LogP contribution < -0.4 is 25.0 Å². The fraction of sp³-hybridized carbons (Fsp3) is 0.120. The fourth-order valence-electron chi connectivity index (χ4n) is 2.84. The van der Waals surface area contributed by atoms with Crippen LogP contribution in [0.1, 0.15) is 21.5 Å². The van der Waals surface area contributed by atoms with Crippen molar-refractivity contribution < 1.29 is 28.6 Å². The van der Waals surface area contributed by atoms with Crippen molar-refractivity contribution in [2.24, 2.45) is 5.10 Å². The molecule has 0 bridgehead atoms. The Labute approximate surface area is 196 Å². The smallest absolute Gasteiger partial charge is 0.343 e. The third-order valence-corrected chi connectivity index (χ3v) is 4.62. The Kier molecular flexibility index (Phi) is 7.96. The molecule has 0 unspecified atom stereocenters. The molecule has 0 aromatic heterocycles. The Bertz CT molecular complexity index is 1220. The number of nitrogens with zero attached hydrogens (tertiary/aromatic N) is 1. The lowest BCUT2D eigenvalue weighted by Gasteiger charge is -2.10. The predicted molar refractivity (Wildman–Crippen MR) is 126 cm³/mol. The maximum absolute atomic E-state index is 12.4. The monoisotopic (exact) mass is 461 g/mol. The molecule has 0 spiro atoms. The minimum absolute atomic E-state index is 0.227. The van der Waals surface area contributed by atoms with Gasteiger partial charge in [0.2, 0.25) is 0 Å². The SMILES string of the molecule is COc1ccccc1NC(=O)C(=O)N/N=C/c1ccc(OC(=O)c2ccc(C)cc2)c(OC)c1. The molecule has 2 amide bonds. The average Bonchev–Trinajstić information content (AvgIpc) is 2.85. The van der Waals surface area contributed by atoms with Gasteiger partial charge in [0, 0.05) is 0 Å². The number of esters is 1. The van der Waals surface area contributed by atoms with Crippen LogP contribution in [0, 0.1) is 6.92 Å². The Hall–Kier alpha value is -4.66. The Morgan fingerprint density at radius 3 is 2.24 bits per heavy atom. The molecule has 0 fully saturated rings. The largest absolute Gasteiger partial charge is 0.495 e. The fourth-order valence-corrected chi connectivity index (χ4v) is 2.84. The van der Waals surface area contributed by atoms with Crippen LogP contribution in [0.2, 0.25) is 0 Å². The summed E-state index contributed by atoms with van der Waals surface area (Å²) in [5.74, 6) is -1.44. The van der Waals surface area contributed by atoms with Crippen LogP contribution in [0.15, 0.2) is 71.8 Å². The van der Waals surface area contributed by atoms with Crippen molar-refractivity contribution in [2.75, 3.05) is 19.5 Å². The highest BCUT2D eigenvalue weighted by Gasteiger charge is 2.15. The first-order valence-corrected chi connectivity index (χ1v) is 10.2. The Balaban J connectivity index is 1.61. The number of methoxy groups -OCH3 is 2. The first-order valence-electron chi connectivity index (χ1n) is 10.2. The normalized spacial score (nSPS) is 10.4. The van der Waals surface area contributed by atoms with E-state index in [2.05, 4.69) is 15.8 Å². The molecule has 9 nitrogen and oxygen atoms in total. The second-order valence-corrected chi connectivity index (χ2v) is 7.02. The molecule has 3 aromatic carbocycles. The number of carbonyl (C=O) groups is 3. The van der Waals surface area contributed by atoms with Gasteiger partial charge < -0.3 is 19.5 Å². The van der Waals surface area contributed by atoms with Crippen molar-refractivity contribution in [2.45, 2.75) is 6.92 Å². The zero-order valence-corrected chi connectivity index (χ0v) is 18.8. The first-order chi connectivity index (χ1) is 16.4. The van der Waals surface area contributed by atoms with E-state index in [9.17, 15) is 14.4 Å². The number of aryl methyl sites for hydroxylation is 1. The van der Waals surface area contributed by atoms with Crippen molar-refractivity contribution in [3.63, 3.8) is 0 Å². The summed E-state index contributed by atoms with van der Waals surface area (Å²) in [6, 6.07) is 18.4. The number of para-hydroxylation sites is 2. The van der Waals surface area contributed by atoms with Crippen LogP contribution in [-0.4, -0.2) is 38.2 Å². The molecule has 0 aliphatic heterocycles. The van der Waals surface area contributed by atoms with Crippen LogP contribution in [0.5, 0.6) is 17.2 Å². The van der Waals surface area contributed by atoms with E-state index in [1.807, 2.05) is 19.1 Å². The summed E-state index contributed by atoms with van der Waals surface area (Å²) < 4.78 is 15.9. The summed E-state index contributed by atoms with van der Waals surface area (Å²) in [7, 11) is 2.89. The number of hydrazone groups is 1. The van der Waals surface area contributed by atoms with Crippen molar-refractivity contribution >= 4 is 29.7 Å². The third kappa shape index (κ3) is 6.19. The minimum Gasteiger partial charge on any atom is -0.495 e. The van der Waals surface area contributed by atoms with Crippen LogP contribution >= 0.6 is 0 Å². The zero-order chi connectivity index (χ0) is 24.5. The van der Waals surface area contributed by atoms with Crippen molar-refractivity contribution in [3.8, 4) is 17.2 Å². The lowest BCUT2D eigenvalue weighted by Crippen LogP contribution is -2.32. The van der Waals surface area contributed by atoms with Gasteiger partial charge in [0.15, 0.2) is 11.5 Å². The number of nitrogens with one attached hydrogen (secondary N) is 2. The van der Waals surface area contributed by atoms with E-state index in [4.69, 9.17) is 14.2 Å². The number of carbonyl (C=O) groups excluding carboxylic acids is 3. The van der Waals surface area contributed by atoms with Crippen molar-refractivity contribution in [1.82, 2.24) is 5.43 Å². The quantitative estimate of drug-likeness (QED) is 0.183. The molecule has 34 heavy (non-hydrogen) atoms. The lowest BCUT2D eigenvalue weighted by molar-refractivity contribution is -0.136. The van der Waals surface area contributed by atoms with Crippen LogP contribution in [0.25, 0.3) is 0 Å². The number of amides is 2. The van der Waals surface area contributed by atoms with E-state index >= 15 is 0 Å². The first kappa shape index (κ1) is 24.0. The molecule has 9 heteroatoms. The number of hydrogen-bond donors (Lipinski definition) is 2. The van der Waals surface area contributed by atoms with Gasteiger partial charge in [-0.25, -0.2) is 10.2 Å². The summed E-state index contributed by atoms with van der Waals surface area (Å²) in [5, 5.41) is 6.24. The number of hydrogen-bond acceptors (Lipinski definition) is 7. The van der Waals surface area contributed by atoms with Crippen LogP contribution in [0.3, 0.4) is 0 Å². The standard InChI is InChI=1S/C25H23N3O6/c1-16-8-11-18(12-9-16)25(31)34-21-13-10-17(14-22(21)33-3)15-26-28-24(30)23(29)27-19-6-4-5-7-20(19)32-2/h4-15H,1-3H3,(H,27,29)(H,28,30)/b26-15+. The summed E-state index contributed by atoms with van der Waals surface area (Å²) in [5.41, 5.74) is 4.49. The minimum atomic E-state index is -0.960. The molecule has 174 valence electrons. The maximum atomic E-state index is 12.4. The molecule has 0 heterocycles. The molecule has 0 aliphatic rings. The maximum Gasteiger partial charge on any atom is 0.343 e. The molecule has 2 N–H and O–H groups in total. The second kappa shape index (κ2) is 11.3. The topological polar surface area (TPSA) is 115 Å². The Morgan fingerprint density at radius 1 is 0.824 bits per heavy atom. The van der Waals surface area contributed by atoms with E-state index < -0.39 is 17.8 Å². The molecule has 3 aromatic rings. The van der Waals surface area contributed by atoms with E-state index in [1.165, 1.54) is 20.4 Å². The lowest BCUT2D eigenvalue weighted by atomic mass is 10.1. The molecular weight excluding hydrogens is 438 g/mol. The highest BCUT2D eigenvalue weighted by molar-refractivity contribution is 6.39. The van der Waals surface area contributed by atoms with Crippen LogP contribution in [0.4, 0.5) is 5.69 Å². The molecule has 0 aliphatic carbocycles. The van der Waals surface area contributed by atoms with Crippen molar-refractivity contribution in [1.29, 1.82) is 0 Å². The van der Waals surface area contributed by atoms with Gasteiger partial charge in [-0.15, -0.1) is 0 Å². The van der Waals surface area contributed by atoms with Gasteiger partial charge in [0.05, 0.1) is 31.7 Å². The van der Waals surface area contributed by atoms with E-state index in [-0.39, 0.29) is 5.75 Å². The molecule has 0 radical (unpaired) electrons. The van der Waals surface area contributed by atoms with E-state index in [1.54, 1.807) is 54.6 Å². The average molecular weight is 461 g/mol. The van der Waals surface area contributed by atoms with E-state index in [0.717, 1.165) is 5.56 Å². The van der Waals surface area contributed by atoms with Gasteiger partial charge in [-0.2, -0.15) is 5.10 Å². The zero-order valence-electron chi connectivity index (χ0n) is 18.8. The Morgan fingerprint density at radius 2 is 1.53 bits per heavy atom. The molecule has 3 rings (SSSR count). The number of benzene rings is 3. The van der Waals surface area contributed by atoms with Crippen LogP contribution in [-0.2, 0) is 9.59 Å². The van der Waals surface area contributed by atoms with Gasteiger partial charge in [-0.3, -0.25) is 9.59 Å². The number of anilines is 1. The van der Waals surface area contributed by atoms with Gasteiger partial charge in [-0.05, 0) is 55.0 Å². The van der Waals surface area contributed by atoms with Gasteiger partial charge in [0.25, 0.3) is 0 Å². The second-order valence-electron chi connectivity index (χ2n) is 7.02. The highest BCUT2D eigenvalue weighted by Crippen LogP contribution is 2.28. The van der Waals surface area contributed by atoms with Gasteiger partial charge >= 0.3 is 17.8 Å². The molecule has 0 saturated heterocycles. The van der Waals surface area contributed by atoms with Gasteiger partial charge in [-0.1, -0.05) is 29.8 Å². The highest BCUT2D eigenvalue weighted by atomic mass is 16.6. The summed E-state index contributed by atoms with van der Waals surface area (Å²) in [6.45, 7) is 1.92. The predicted octanol–water partition coefficient (Wildman–Crippen LogP) is 3.32. The molecule has 0 atom stereocenters. The molecular formula is C25H23N3O6. The van der Waals surface area contributed by atoms with Gasteiger partial charge in [0.1, 0.15) is 5.75 Å². The van der Waals surface area contributed by atoms with Crippen molar-refractivity contribution in [3.05, 3.63) is 83.4 Å². The van der Waals surface area contributed by atoms with E-state index in [0.29, 0.717) is 28.3 Å². The third-order valence-electron chi connectivity index (χ3n) is 4.62. The molecule has 0 saturated carbocycles. The summed E-state index contributed by atoms with van der Waals surface area (Å²) >= 11 is 0. The number of rotatable bonds is 7. The summed E-state index contributed by atoms with van der Waals surface area (Å²) in [6.07, 6.45) is 1.32. The number of ether oxygens (including phenoxy) is 3.